The first-order chi connectivity index (χ1) is 14.5. The highest BCUT2D eigenvalue weighted by Crippen LogP contribution is 2.41. The quantitative estimate of drug-likeness (QED) is 0.462. The summed E-state index contributed by atoms with van der Waals surface area (Å²) in [5.41, 5.74) is 3.64. The van der Waals surface area contributed by atoms with E-state index in [4.69, 9.17) is 14.2 Å². The number of benzene rings is 2. The first-order valence-electron chi connectivity index (χ1n) is 9.19. The SMILES string of the molecule is COc1cc(OC)c2cc(C(=O)Nc3ccc(-c4csc(C)n4)cc3)[nH]c2c1OC. The number of aromatic amines is 1. The summed E-state index contributed by atoms with van der Waals surface area (Å²) in [4.78, 5) is 20.4. The Kier molecular flexibility index (Phi) is 5.33. The van der Waals surface area contributed by atoms with Crippen LogP contribution < -0.4 is 19.5 Å². The van der Waals surface area contributed by atoms with Crippen molar-refractivity contribution in [2.24, 2.45) is 0 Å². The van der Waals surface area contributed by atoms with Crippen LogP contribution in [0.5, 0.6) is 17.2 Å². The third kappa shape index (κ3) is 3.57. The Labute approximate surface area is 177 Å². The van der Waals surface area contributed by atoms with E-state index in [0.717, 1.165) is 21.7 Å². The van der Waals surface area contributed by atoms with Crippen molar-refractivity contribution in [1.29, 1.82) is 0 Å². The van der Waals surface area contributed by atoms with Crippen LogP contribution in [0.25, 0.3) is 22.2 Å². The van der Waals surface area contributed by atoms with Gasteiger partial charge in [-0.3, -0.25) is 4.79 Å². The van der Waals surface area contributed by atoms with E-state index in [-0.39, 0.29) is 5.91 Å². The van der Waals surface area contributed by atoms with E-state index in [1.807, 2.05) is 36.6 Å². The molecule has 154 valence electrons. The second kappa shape index (κ2) is 8.08. The highest BCUT2D eigenvalue weighted by atomic mass is 32.1. The molecule has 2 heterocycles. The zero-order chi connectivity index (χ0) is 21.3. The molecule has 7 nitrogen and oxygen atoms in total. The molecule has 4 aromatic rings. The number of nitrogens with one attached hydrogen (secondary N) is 2. The second-order valence-electron chi connectivity index (χ2n) is 6.57. The molecule has 1 amide bonds. The van der Waals surface area contributed by atoms with Gasteiger partial charge in [-0.25, -0.2) is 4.98 Å². The summed E-state index contributed by atoms with van der Waals surface area (Å²) in [5, 5.41) is 6.67. The van der Waals surface area contributed by atoms with Crippen LogP contribution >= 0.6 is 11.3 Å². The maximum absolute atomic E-state index is 12.8. The summed E-state index contributed by atoms with van der Waals surface area (Å²) in [7, 11) is 4.67. The normalized spacial score (nSPS) is 10.8. The molecular weight excluding hydrogens is 402 g/mol. The number of carbonyl (C=O) groups is 1. The van der Waals surface area contributed by atoms with Crippen LogP contribution in [0.3, 0.4) is 0 Å². The molecule has 0 fully saturated rings. The van der Waals surface area contributed by atoms with E-state index in [9.17, 15) is 4.79 Å². The standard InChI is InChI=1S/C22H21N3O4S/c1-12-23-17(11-30-12)13-5-7-14(8-6-13)24-22(26)16-9-15-18(27-2)10-19(28-3)21(29-4)20(15)25-16/h5-11,25H,1-4H3,(H,24,26). The molecule has 0 saturated heterocycles. The van der Waals surface area contributed by atoms with Gasteiger partial charge < -0.3 is 24.5 Å². The van der Waals surface area contributed by atoms with Crippen LogP contribution in [0.1, 0.15) is 15.5 Å². The van der Waals surface area contributed by atoms with Crippen LogP contribution in [0.4, 0.5) is 5.69 Å². The minimum Gasteiger partial charge on any atom is -0.496 e. The summed E-state index contributed by atoms with van der Waals surface area (Å²) in [6.45, 7) is 1.97. The largest absolute Gasteiger partial charge is 0.496 e. The van der Waals surface area contributed by atoms with Gasteiger partial charge in [0.1, 0.15) is 11.4 Å². The lowest BCUT2D eigenvalue weighted by Crippen LogP contribution is -2.12. The zero-order valence-corrected chi connectivity index (χ0v) is 17.8. The lowest BCUT2D eigenvalue weighted by Gasteiger charge is -2.11. The van der Waals surface area contributed by atoms with Crippen molar-refractivity contribution in [3.05, 3.63) is 52.5 Å². The van der Waals surface area contributed by atoms with E-state index in [1.54, 1.807) is 44.8 Å². The summed E-state index contributed by atoms with van der Waals surface area (Å²) in [6.07, 6.45) is 0. The lowest BCUT2D eigenvalue weighted by molar-refractivity contribution is 0.102. The van der Waals surface area contributed by atoms with Gasteiger partial charge in [0.05, 0.1) is 37.5 Å². The number of H-pyrrole nitrogens is 1. The number of ether oxygens (including phenoxy) is 3. The van der Waals surface area contributed by atoms with E-state index in [1.165, 1.54) is 0 Å². The van der Waals surface area contributed by atoms with Crippen molar-refractivity contribution >= 4 is 33.8 Å². The number of hydrogen-bond donors (Lipinski definition) is 2. The smallest absolute Gasteiger partial charge is 0.272 e. The topological polar surface area (TPSA) is 85.5 Å². The number of thiazole rings is 1. The average molecular weight is 423 g/mol. The maximum atomic E-state index is 12.8. The number of rotatable bonds is 6. The Morgan fingerprint density at radius 1 is 1.03 bits per heavy atom. The molecule has 30 heavy (non-hydrogen) atoms. The number of anilines is 1. The van der Waals surface area contributed by atoms with Gasteiger partial charge in [-0.15, -0.1) is 11.3 Å². The van der Waals surface area contributed by atoms with Gasteiger partial charge in [0, 0.05) is 28.1 Å². The van der Waals surface area contributed by atoms with Gasteiger partial charge in [0.25, 0.3) is 5.91 Å². The molecule has 0 radical (unpaired) electrons. The Morgan fingerprint density at radius 2 is 1.77 bits per heavy atom. The number of fused-ring (bicyclic) bond motifs is 1. The Balaban J connectivity index is 1.62. The van der Waals surface area contributed by atoms with Gasteiger partial charge in [-0.2, -0.15) is 0 Å². The predicted molar refractivity (Wildman–Crippen MR) is 118 cm³/mol. The van der Waals surface area contributed by atoms with Crippen molar-refractivity contribution < 1.29 is 19.0 Å². The highest BCUT2D eigenvalue weighted by molar-refractivity contribution is 7.09. The molecule has 2 aromatic carbocycles. The fourth-order valence-corrected chi connectivity index (χ4v) is 3.90. The van der Waals surface area contributed by atoms with Gasteiger partial charge in [-0.1, -0.05) is 12.1 Å². The molecule has 4 rings (SSSR count). The van der Waals surface area contributed by atoms with E-state index in [0.29, 0.717) is 34.1 Å². The fourth-order valence-electron chi connectivity index (χ4n) is 3.28. The molecule has 0 atom stereocenters. The van der Waals surface area contributed by atoms with Gasteiger partial charge in [-0.05, 0) is 25.1 Å². The maximum Gasteiger partial charge on any atom is 0.272 e. The number of aromatic nitrogens is 2. The second-order valence-corrected chi connectivity index (χ2v) is 7.63. The molecule has 8 heteroatoms. The van der Waals surface area contributed by atoms with E-state index >= 15 is 0 Å². The fraction of sp³-hybridized carbons (Fsp3) is 0.182. The van der Waals surface area contributed by atoms with Crippen LogP contribution in [0.2, 0.25) is 0 Å². The number of carbonyl (C=O) groups excluding carboxylic acids is 1. The number of methoxy groups -OCH3 is 3. The van der Waals surface area contributed by atoms with Crippen molar-refractivity contribution in [1.82, 2.24) is 9.97 Å². The number of aryl methyl sites for hydroxylation is 1. The molecule has 2 aromatic heterocycles. The van der Waals surface area contributed by atoms with Crippen molar-refractivity contribution in [3.63, 3.8) is 0 Å². The monoisotopic (exact) mass is 423 g/mol. The molecule has 0 spiro atoms. The molecular formula is C22H21N3O4S. The van der Waals surface area contributed by atoms with E-state index in [2.05, 4.69) is 15.3 Å². The van der Waals surface area contributed by atoms with Gasteiger partial charge >= 0.3 is 0 Å². The van der Waals surface area contributed by atoms with Crippen molar-refractivity contribution in [3.8, 4) is 28.5 Å². The molecule has 0 bridgehead atoms. The third-order valence-corrected chi connectivity index (χ3v) is 5.52. The number of nitrogens with zero attached hydrogens (tertiary/aromatic N) is 1. The average Bonchev–Trinajstić information content (AvgIpc) is 3.40. The highest BCUT2D eigenvalue weighted by Gasteiger charge is 2.19. The summed E-state index contributed by atoms with van der Waals surface area (Å²) in [5.74, 6) is 1.34. The molecule has 0 aliphatic heterocycles. The van der Waals surface area contributed by atoms with Crippen molar-refractivity contribution in [2.75, 3.05) is 26.6 Å². The summed E-state index contributed by atoms with van der Waals surface area (Å²) < 4.78 is 16.3. The molecule has 0 saturated carbocycles. The van der Waals surface area contributed by atoms with Gasteiger partial charge in [0.15, 0.2) is 11.5 Å². The third-order valence-electron chi connectivity index (χ3n) is 4.74. The van der Waals surface area contributed by atoms with E-state index < -0.39 is 0 Å². The first-order valence-corrected chi connectivity index (χ1v) is 10.1. The first kappa shape index (κ1) is 19.8. The zero-order valence-electron chi connectivity index (χ0n) is 17.0. The Morgan fingerprint density at radius 3 is 2.37 bits per heavy atom. The van der Waals surface area contributed by atoms with Crippen LogP contribution in [0.15, 0.2) is 41.8 Å². The summed E-state index contributed by atoms with van der Waals surface area (Å²) in [6, 6.07) is 11.1. The minimum atomic E-state index is -0.272. The molecule has 0 aliphatic carbocycles. The van der Waals surface area contributed by atoms with Crippen LogP contribution in [-0.4, -0.2) is 37.2 Å². The summed E-state index contributed by atoms with van der Waals surface area (Å²) >= 11 is 1.61. The lowest BCUT2D eigenvalue weighted by atomic mass is 10.1. The van der Waals surface area contributed by atoms with Gasteiger partial charge in [0.2, 0.25) is 0 Å². The molecule has 0 unspecified atom stereocenters. The Hall–Kier alpha value is -3.52. The Bertz CT molecular complexity index is 1210. The number of hydrogen-bond acceptors (Lipinski definition) is 6. The van der Waals surface area contributed by atoms with Crippen molar-refractivity contribution in [2.45, 2.75) is 6.92 Å². The predicted octanol–water partition coefficient (Wildman–Crippen LogP) is 4.88. The molecule has 2 N–H and O–H groups in total. The van der Waals surface area contributed by atoms with Crippen LogP contribution in [-0.2, 0) is 0 Å². The molecule has 0 aliphatic rings. The minimum absolute atomic E-state index is 0.272. The van der Waals surface area contributed by atoms with Crippen LogP contribution in [0, 0.1) is 6.92 Å². The number of amides is 1.